The summed E-state index contributed by atoms with van der Waals surface area (Å²) >= 11 is 0. The van der Waals surface area contributed by atoms with Crippen LogP contribution in [-0.2, 0) is 10.1 Å². The van der Waals surface area contributed by atoms with Gasteiger partial charge in [0.1, 0.15) is 0 Å². The zero-order valence-electron chi connectivity index (χ0n) is 9.78. The van der Waals surface area contributed by atoms with Crippen molar-refractivity contribution in [1.29, 1.82) is 0 Å². The quantitative estimate of drug-likeness (QED) is 0.298. The van der Waals surface area contributed by atoms with Gasteiger partial charge < -0.3 is 9.62 Å². The van der Waals surface area contributed by atoms with E-state index in [1.165, 1.54) is 12.3 Å². The average Bonchev–Trinajstić information content (AvgIpc) is 2.78. The van der Waals surface area contributed by atoms with Gasteiger partial charge in [0.15, 0.2) is 12.3 Å². The van der Waals surface area contributed by atoms with Crippen LogP contribution in [0.4, 0.5) is 0 Å². The number of hydrogen-bond acceptors (Lipinski definition) is 4. The first kappa shape index (κ1) is 13.1. The Labute approximate surface area is 105 Å². The molecule has 1 saturated carbocycles. The van der Waals surface area contributed by atoms with Gasteiger partial charge in [-0.15, -0.1) is 0 Å². The minimum atomic E-state index is -4.43. The van der Waals surface area contributed by atoms with E-state index in [-0.39, 0.29) is 11.6 Å². The highest BCUT2D eigenvalue weighted by atomic mass is 32.2. The van der Waals surface area contributed by atoms with Gasteiger partial charge in [-0.3, -0.25) is 4.55 Å². The van der Waals surface area contributed by atoms with Crippen LogP contribution < -0.4 is 0 Å². The van der Waals surface area contributed by atoms with Crippen LogP contribution in [0.15, 0.2) is 21.8 Å². The fourth-order valence-electron chi connectivity index (χ4n) is 2.19. The van der Waals surface area contributed by atoms with Crippen LogP contribution in [0.3, 0.4) is 0 Å². The van der Waals surface area contributed by atoms with Crippen molar-refractivity contribution < 1.29 is 22.1 Å². The molecule has 0 saturated heterocycles. The maximum atomic E-state index is 11.9. The zero-order valence-corrected chi connectivity index (χ0v) is 10.6. The van der Waals surface area contributed by atoms with E-state index in [9.17, 15) is 13.6 Å². The summed E-state index contributed by atoms with van der Waals surface area (Å²) in [5, 5.41) is 11.3. The molecule has 0 radical (unpaired) electrons. The van der Waals surface area contributed by atoms with Crippen molar-refractivity contribution in [3.63, 3.8) is 0 Å². The van der Waals surface area contributed by atoms with Gasteiger partial charge in [-0.05, 0) is 18.9 Å². The molecule has 1 aromatic rings. The van der Waals surface area contributed by atoms with Crippen molar-refractivity contribution in [3.8, 4) is 0 Å². The third-order valence-electron chi connectivity index (χ3n) is 3.09. The molecule has 100 valence electrons. The lowest BCUT2D eigenvalue weighted by Gasteiger charge is -2.20. The molecule has 2 rings (SSSR count). The molecule has 0 spiro atoms. The highest BCUT2D eigenvalue weighted by Crippen LogP contribution is 2.20. The van der Waals surface area contributed by atoms with Crippen molar-refractivity contribution in [2.75, 3.05) is 0 Å². The summed E-state index contributed by atoms with van der Waals surface area (Å²) in [4.78, 5) is 0. The molecule has 1 heterocycles. The van der Waals surface area contributed by atoms with E-state index in [0.717, 1.165) is 43.1 Å². The van der Waals surface area contributed by atoms with E-state index in [4.69, 9.17) is 4.55 Å². The van der Waals surface area contributed by atoms with Gasteiger partial charge in [-0.2, -0.15) is 8.42 Å². The van der Waals surface area contributed by atoms with Gasteiger partial charge >= 0.3 is 10.1 Å². The van der Waals surface area contributed by atoms with Gasteiger partial charge in [0.05, 0.1) is 11.8 Å². The number of hydrogen-bond donors (Lipinski definition) is 1. The molecule has 0 bridgehead atoms. The zero-order chi connectivity index (χ0) is 13.2. The first-order valence-electron chi connectivity index (χ1n) is 5.84. The Balaban J connectivity index is 2.24. The molecule has 18 heavy (non-hydrogen) atoms. The Hall–Kier alpha value is -1.34. The Kier molecular flexibility index (Phi) is 3.72. The molecular formula is C11H15NO5S. The maximum Gasteiger partial charge on any atom is 0.329 e. The Morgan fingerprint density at radius 2 is 2.06 bits per heavy atom. The van der Waals surface area contributed by atoms with Crippen molar-refractivity contribution >= 4 is 16.3 Å². The van der Waals surface area contributed by atoms with Crippen LogP contribution in [0.25, 0.3) is 0 Å². The van der Waals surface area contributed by atoms with Gasteiger partial charge in [0.25, 0.3) is 5.09 Å². The Bertz CT molecular complexity index is 540. The van der Waals surface area contributed by atoms with E-state index in [1.54, 1.807) is 0 Å². The lowest BCUT2D eigenvalue weighted by molar-refractivity contribution is -0.500. The smallest absolute Gasteiger partial charge is 0.329 e. The van der Waals surface area contributed by atoms with Crippen LogP contribution in [0, 0.1) is 5.21 Å². The summed E-state index contributed by atoms with van der Waals surface area (Å²) < 4.78 is 36.4. The average molecular weight is 273 g/mol. The second kappa shape index (κ2) is 5.11. The molecule has 1 fully saturated rings. The topological polar surface area (TPSA) is 93.6 Å². The van der Waals surface area contributed by atoms with Gasteiger partial charge in [-0.25, -0.2) is 4.74 Å². The molecule has 0 aliphatic heterocycles. The number of rotatable bonds is 3. The molecule has 0 amide bonds. The summed E-state index contributed by atoms with van der Waals surface area (Å²) in [7, 11) is -4.43. The van der Waals surface area contributed by atoms with E-state index in [2.05, 4.69) is 4.42 Å². The fourth-order valence-corrected chi connectivity index (χ4v) is 2.78. The molecule has 1 aliphatic carbocycles. The second-order valence-corrected chi connectivity index (χ2v) is 5.74. The number of furan rings is 1. The first-order valence-corrected chi connectivity index (χ1v) is 7.28. The SMILES string of the molecule is O=S(=O)(O)c1occc1C=[N+]([O-])C1CCCCC1. The molecule has 6 nitrogen and oxygen atoms in total. The van der Waals surface area contributed by atoms with E-state index >= 15 is 0 Å². The molecular weight excluding hydrogens is 258 g/mol. The normalized spacial score (nSPS) is 19.1. The van der Waals surface area contributed by atoms with Crippen LogP contribution in [0.2, 0.25) is 0 Å². The van der Waals surface area contributed by atoms with E-state index in [0.29, 0.717) is 0 Å². The monoisotopic (exact) mass is 273 g/mol. The largest absolute Gasteiger partial charge is 0.624 e. The number of nitrogens with zero attached hydrogens (tertiary/aromatic N) is 1. The first-order chi connectivity index (χ1) is 8.48. The predicted octanol–water partition coefficient (Wildman–Crippen LogP) is 1.79. The van der Waals surface area contributed by atoms with Crippen LogP contribution in [-0.4, -0.2) is 30.0 Å². The summed E-state index contributed by atoms with van der Waals surface area (Å²) in [6.45, 7) is 0. The van der Waals surface area contributed by atoms with Crippen molar-refractivity contribution in [1.82, 2.24) is 0 Å². The van der Waals surface area contributed by atoms with Gasteiger partial charge in [0.2, 0.25) is 0 Å². The van der Waals surface area contributed by atoms with Gasteiger partial charge in [0, 0.05) is 12.8 Å². The minimum Gasteiger partial charge on any atom is -0.624 e. The molecule has 7 heteroatoms. The highest BCUT2D eigenvalue weighted by Gasteiger charge is 2.23. The van der Waals surface area contributed by atoms with Crippen molar-refractivity contribution in [2.45, 2.75) is 43.2 Å². The standard InChI is InChI=1S/C11H15NO5S/c13-12(10-4-2-1-3-5-10)8-9-6-7-17-11(9)18(14,15)16/h6-8,10H,1-5H2,(H,14,15,16). The maximum absolute atomic E-state index is 11.9. The Morgan fingerprint density at radius 3 is 2.67 bits per heavy atom. The molecule has 1 aromatic heterocycles. The fraction of sp³-hybridized carbons (Fsp3) is 0.545. The van der Waals surface area contributed by atoms with Gasteiger partial charge in [-0.1, -0.05) is 6.42 Å². The molecule has 1 aliphatic rings. The summed E-state index contributed by atoms with van der Waals surface area (Å²) in [5.74, 6) is 0. The van der Waals surface area contributed by atoms with Crippen molar-refractivity contribution in [3.05, 3.63) is 23.1 Å². The van der Waals surface area contributed by atoms with E-state index < -0.39 is 15.2 Å². The lowest BCUT2D eigenvalue weighted by Crippen LogP contribution is -2.25. The van der Waals surface area contributed by atoms with Crippen molar-refractivity contribution in [2.24, 2.45) is 0 Å². The summed E-state index contributed by atoms with van der Waals surface area (Å²) in [6.07, 6.45) is 7.05. The minimum absolute atomic E-state index is 0.0815. The summed E-state index contributed by atoms with van der Waals surface area (Å²) in [5.41, 5.74) is 0.0815. The predicted molar refractivity (Wildman–Crippen MR) is 64.2 cm³/mol. The van der Waals surface area contributed by atoms with Crippen LogP contribution in [0.1, 0.15) is 37.7 Å². The Morgan fingerprint density at radius 1 is 1.39 bits per heavy atom. The number of hydroxylamine groups is 1. The molecule has 1 N–H and O–H groups in total. The molecule has 0 aromatic carbocycles. The lowest BCUT2D eigenvalue weighted by atomic mass is 9.96. The summed E-state index contributed by atoms with van der Waals surface area (Å²) in [6, 6.07) is 1.22. The van der Waals surface area contributed by atoms with Crippen LogP contribution in [0.5, 0.6) is 0 Å². The molecule has 0 unspecified atom stereocenters. The van der Waals surface area contributed by atoms with Crippen LogP contribution >= 0.6 is 0 Å². The second-order valence-electron chi connectivity index (χ2n) is 4.42. The molecule has 0 atom stereocenters. The third kappa shape index (κ3) is 2.91. The van der Waals surface area contributed by atoms with E-state index in [1.807, 2.05) is 0 Å². The highest BCUT2D eigenvalue weighted by molar-refractivity contribution is 7.85. The third-order valence-corrected chi connectivity index (χ3v) is 3.89.